The Kier molecular flexibility index (Phi) is 4.43. The summed E-state index contributed by atoms with van der Waals surface area (Å²) in [7, 11) is 2.07. The third-order valence-electron chi connectivity index (χ3n) is 6.39. The molecule has 6 rings (SSSR count). The lowest BCUT2D eigenvalue weighted by molar-refractivity contribution is 0.0698. The van der Waals surface area contributed by atoms with Crippen molar-refractivity contribution < 1.29 is 9.90 Å². The average molecular weight is 438 g/mol. The first kappa shape index (κ1) is 19.5. The highest BCUT2D eigenvalue weighted by Crippen LogP contribution is 2.39. The number of fused-ring (bicyclic) bond motifs is 2. The van der Waals surface area contributed by atoms with Crippen molar-refractivity contribution in [2.45, 2.75) is 19.4 Å². The fourth-order valence-electron chi connectivity index (χ4n) is 4.49. The predicted molar refractivity (Wildman–Crippen MR) is 129 cm³/mol. The molecule has 0 amide bonds. The number of para-hydroxylation sites is 2. The Morgan fingerprint density at radius 3 is 2.73 bits per heavy atom. The number of rotatable bonds is 6. The van der Waals surface area contributed by atoms with E-state index in [0.717, 1.165) is 40.2 Å². The molecule has 0 bridgehead atoms. The Balaban J connectivity index is 1.56. The van der Waals surface area contributed by atoms with Crippen molar-refractivity contribution in [2.75, 3.05) is 11.9 Å². The summed E-state index contributed by atoms with van der Waals surface area (Å²) in [6.07, 6.45) is 3.98. The van der Waals surface area contributed by atoms with E-state index in [4.69, 9.17) is 5.10 Å². The summed E-state index contributed by atoms with van der Waals surface area (Å²) in [6, 6.07) is 19.9. The van der Waals surface area contributed by atoms with Gasteiger partial charge in [-0.25, -0.2) is 4.79 Å². The van der Waals surface area contributed by atoms with Crippen molar-refractivity contribution in [3.05, 3.63) is 72.4 Å². The van der Waals surface area contributed by atoms with E-state index in [1.165, 1.54) is 25.1 Å². The van der Waals surface area contributed by atoms with Gasteiger partial charge in [-0.15, -0.1) is 0 Å². The van der Waals surface area contributed by atoms with E-state index in [9.17, 15) is 9.90 Å². The standard InChI is InChI=1S/C26H23N5O2/c1-30(17-6-3-2-4-7-17)22-9-5-8-18-24(29-31(25(18)22)15-16-10-11-16)21-14-20-23(28-21)19(26(32)33)12-13-27-20/h2-9,12-14,16,28H,10-11,15H2,1H3,(H,32,33). The van der Waals surface area contributed by atoms with Gasteiger partial charge in [0.2, 0.25) is 0 Å². The van der Waals surface area contributed by atoms with Gasteiger partial charge in [0.25, 0.3) is 0 Å². The van der Waals surface area contributed by atoms with Gasteiger partial charge < -0.3 is 15.0 Å². The van der Waals surface area contributed by atoms with E-state index >= 15 is 0 Å². The topological polar surface area (TPSA) is 87.0 Å². The van der Waals surface area contributed by atoms with Crippen LogP contribution in [0.5, 0.6) is 0 Å². The molecule has 7 nitrogen and oxygen atoms in total. The van der Waals surface area contributed by atoms with Crippen LogP contribution in [0, 0.1) is 5.92 Å². The number of hydrogen-bond donors (Lipinski definition) is 2. The first-order valence-electron chi connectivity index (χ1n) is 11.1. The van der Waals surface area contributed by atoms with Gasteiger partial charge in [-0.3, -0.25) is 9.67 Å². The van der Waals surface area contributed by atoms with Crippen molar-refractivity contribution in [1.82, 2.24) is 19.7 Å². The first-order valence-corrected chi connectivity index (χ1v) is 11.1. The lowest BCUT2D eigenvalue weighted by Crippen LogP contribution is -2.12. The van der Waals surface area contributed by atoms with Gasteiger partial charge in [0, 0.05) is 30.9 Å². The number of H-pyrrole nitrogens is 1. The number of nitrogens with zero attached hydrogens (tertiary/aromatic N) is 4. The molecule has 0 unspecified atom stereocenters. The second-order valence-corrected chi connectivity index (χ2v) is 8.65. The van der Waals surface area contributed by atoms with Crippen LogP contribution in [0.15, 0.2) is 66.9 Å². The monoisotopic (exact) mass is 437 g/mol. The highest BCUT2D eigenvalue weighted by molar-refractivity contribution is 6.05. The summed E-state index contributed by atoms with van der Waals surface area (Å²) in [6.45, 7) is 0.870. The highest BCUT2D eigenvalue weighted by Gasteiger charge is 2.26. The second-order valence-electron chi connectivity index (χ2n) is 8.65. The molecule has 1 aliphatic rings. The van der Waals surface area contributed by atoms with Crippen LogP contribution in [-0.2, 0) is 6.54 Å². The third kappa shape index (κ3) is 3.33. The second kappa shape index (κ2) is 7.48. The third-order valence-corrected chi connectivity index (χ3v) is 6.39. The van der Waals surface area contributed by atoms with E-state index in [0.29, 0.717) is 17.0 Å². The molecule has 0 saturated heterocycles. The molecule has 1 saturated carbocycles. The largest absolute Gasteiger partial charge is 0.478 e. The molecule has 2 N–H and O–H groups in total. The Morgan fingerprint density at radius 2 is 1.97 bits per heavy atom. The fraction of sp³-hybridized carbons (Fsp3) is 0.192. The van der Waals surface area contributed by atoms with Crippen LogP contribution in [0.25, 0.3) is 33.3 Å². The quantitative estimate of drug-likeness (QED) is 0.369. The maximum absolute atomic E-state index is 11.7. The molecule has 0 radical (unpaired) electrons. The van der Waals surface area contributed by atoms with Crippen LogP contribution >= 0.6 is 0 Å². The number of aromatic carboxylic acids is 1. The van der Waals surface area contributed by atoms with E-state index in [-0.39, 0.29) is 5.56 Å². The number of hydrogen-bond acceptors (Lipinski definition) is 4. The summed E-state index contributed by atoms with van der Waals surface area (Å²) in [4.78, 5) is 21.5. The SMILES string of the molecule is CN(c1ccccc1)c1cccc2c(-c3cc4nccc(C(=O)O)c4[nH]3)nn(CC3CC3)c12. The van der Waals surface area contributed by atoms with Gasteiger partial charge in [0.1, 0.15) is 5.69 Å². The number of pyridine rings is 1. The number of benzene rings is 2. The zero-order valence-electron chi connectivity index (χ0n) is 18.2. The molecule has 1 aliphatic carbocycles. The molecule has 33 heavy (non-hydrogen) atoms. The first-order chi connectivity index (χ1) is 16.1. The van der Waals surface area contributed by atoms with Crippen LogP contribution in [0.4, 0.5) is 11.4 Å². The summed E-state index contributed by atoms with van der Waals surface area (Å²) in [5.41, 5.74) is 6.18. The summed E-state index contributed by atoms with van der Waals surface area (Å²) >= 11 is 0. The maximum Gasteiger partial charge on any atom is 0.337 e. The van der Waals surface area contributed by atoms with Crippen molar-refractivity contribution in [3.8, 4) is 11.4 Å². The minimum Gasteiger partial charge on any atom is -0.478 e. The minimum absolute atomic E-state index is 0.206. The molecule has 0 aliphatic heterocycles. The van der Waals surface area contributed by atoms with Crippen LogP contribution in [0.2, 0.25) is 0 Å². The van der Waals surface area contributed by atoms with Crippen LogP contribution in [0.1, 0.15) is 23.2 Å². The van der Waals surface area contributed by atoms with Gasteiger partial charge in [0.05, 0.1) is 33.5 Å². The number of carboxylic acids is 1. The Bertz CT molecular complexity index is 1500. The molecule has 7 heteroatoms. The van der Waals surface area contributed by atoms with Gasteiger partial charge in [-0.1, -0.05) is 30.3 Å². The summed E-state index contributed by atoms with van der Waals surface area (Å²) in [5, 5.41) is 15.6. The molecule has 0 atom stereocenters. The molecule has 5 aromatic rings. The van der Waals surface area contributed by atoms with Gasteiger partial charge in [0.15, 0.2) is 0 Å². The van der Waals surface area contributed by atoms with E-state index in [2.05, 4.69) is 50.9 Å². The van der Waals surface area contributed by atoms with Crippen molar-refractivity contribution in [1.29, 1.82) is 0 Å². The number of nitrogens with one attached hydrogen (secondary N) is 1. The van der Waals surface area contributed by atoms with Crippen molar-refractivity contribution in [2.24, 2.45) is 5.92 Å². The number of aromatic nitrogens is 4. The van der Waals surface area contributed by atoms with Gasteiger partial charge in [-0.2, -0.15) is 5.10 Å². The lowest BCUT2D eigenvalue weighted by Gasteiger charge is -2.21. The van der Waals surface area contributed by atoms with E-state index in [1.807, 2.05) is 30.3 Å². The smallest absolute Gasteiger partial charge is 0.337 e. The summed E-state index contributed by atoms with van der Waals surface area (Å²) < 4.78 is 2.12. The zero-order valence-corrected chi connectivity index (χ0v) is 18.2. The lowest BCUT2D eigenvalue weighted by atomic mass is 10.1. The molecular formula is C26H23N5O2. The molecular weight excluding hydrogens is 414 g/mol. The molecule has 3 heterocycles. The van der Waals surface area contributed by atoms with E-state index < -0.39 is 5.97 Å². The van der Waals surface area contributed by atoms with Crippen molar-refractivity contribution in [3.63, 3.8) is 0 Å². The van der Waals surface area contributed by atoms with Crippen LogP contribution in [0.3, 0.4) is 0 Å². The number of carboxylic acid groups (broad SMARTS) is 1. The normalized spacial score (nSPS) is 13.6. The Morgan fingerprint density at radius 1 is 1.15 bits per heavy atom. The molecule has 164 valence electrons. The molecule has 0 spiro atoms. The summed E-state index contributed by atoms with van der Waals surface area (Å²) in [5.74, 6) is -0.328. The molecule has 3 aromatic heterocycles. The Labute approximate surface area is 190 Å². The van der Waals surface area contributed by atoms with Crippen LogP contribution < -0.4 is 4.90 Å². The minimum atomic E-state index is -0.980. The molecule has 2 aromatic carbocycles. The average Bonchev–Trinajstić information content (AvgIpc) is 3.42. The molecule has 1 fully saturated rings. The Hall–Kier alpha value is -4.13. The van der Waals surface area contributed by atoms with Crippen LogP contribution in [-0.4, -0.2) is 37.9 Å². The highest BCUT2D eigenvalue weighted by atomic mass is 16.4. The van der Waals surface area contributed by atoms with Crippen molar-refractivity contribution >= 4 is 39.3 Å². The van der Waals surface area contributed by atoms with Gasteiger partial charge >= 0.3 is 5.97 Å². The number of carbonyl (C=O) groups is 1. The maximum atomic E-state index is 11.7. The van der Waals surface area contributed by atoms with Gasteiger partial charge in [-0.05, 0) is 49.1 Å². The predicted octanol–water partition coefficient (Wildman–Crippen LogP) is 5.46. The fourth-order valence-corrected chi connectivity index (χ4v) is 4.49. The number of anilines is 2. The van der Waals surface area contributed by atoms with E-state index in [1.54, 1.807) is 0 Å². The zero-order chi connectivity index (χ0) is 22.5. The number of aromatic amines is 1.